The van der Waals surface area contributed by atoms with E-state index in [0.717, 1.165) is 25.7 Å². The molecule has 0 spiro atoms. The third kappa shape index (κ3) is 3.34. The highest BCUT2D eigenvalue weighted by atomic mass is 16.5. The summed E-state index contributed by atoms with van der Waals surface area (Å²) >= 11 is 0. The van der Waals surface area contributed by atoms with E-state index in [4.69, 9.17) is 10.5 Å². The molecule has 1 heterocycles. The molecule has 2 rings (SSSR count). The molecular weight excluding hydrogens is 272 g/mol. The Morgan fingerprint density at radius 2 is 2.05 bits per heavy atom. The number of carbonyl (C=O) groups excluding carboxylic acids is 2. The molecule has 1 atom stereocenters. The Hall–Kier alpha value is -2.05. The highest BCUT2D eigenvalue weighted by molar-refractivity contribution is 5.95. The zero-order valence-electron chi connectivity index (χ0n) is 12.7. The summed E-state index contributed by atoms with van der Waals surface area (Å²) in [7, 11) is 1.61. The van der Waals surface area contributed by atoms with Gasteiger partial charge in [-0.2, -0.15) is 5.10 Å². The number of aryl methyl sites for hydroxylation is 2. The Morgan fingerprint density at radius 3 is 2.57 bits per heavy atom. The SMILES string of the molecule is Cc1nn(C)c(C(=O)OC(C)C(=O)NC2CCCC2)c1N. The first-order valence-electron chi connectivity index (χ1n) is 7.20. The summed E-state index contributed by atoms with van der Waals surface area (Å²) in [6.45, 7) is 3.27. The summed E-state index contributed by atoms with van der Waals surface area (Å²) in [5.41, 5.74) is 6.82. The number of nitrogens with one attached hydrogen (secondary N) is 1. The van der Waals surface area contributed by atoms with Crippen LogP contribution in [-0.2, 0) is 16.6 Å². The van der Waals surface area contributed by atoms with E-state index >= 15 is 0 Å². The second-order valence-electron chi connectivity index (χ2n) is 5.51. The predicted octanol–water partition coefficient (Wildman–Crippen LogP) is 0.915. The molecule has 116 valence electrons. The van der Waals surface area contributed by atoms with E-state index in [2.05, 4.69) is 10.4 Å². The summed E-state index contributed by atoms with van der Waals surface area (Å²) < 4.78 is 6.56. The van der Waals surface area contributed by atoms with Crippen LogP contribution in [0.15, 0.2) is 0 Å². The number of nitrogens with zero attached hydrogens (tertiary/aromatic N) is 2. The number of anilines is 1. The van der Waals surface area contributed by atoms with Crippen LogP contribution in [0, 0.1) is 6.92 Å². The van der Waals surface area contributed by atoms with Crippen LogP contribution in [0.4, 0.5) is 5.69 Å². The molecule has 0 saturated heterocycles. The van der Waals surface area contributed by atoms with Crippen molar-refractivity contribution >= 4 is 17.6 Å². The lowest BCUT2D eigenvalue weighted by Crippen LogP contribution is -2.41. The van der Waals surface area contributed by atoms with E-state index in [0.29, 0.717) is 5.69 Å². The Balaban J connectivity index is 1.96. The molecule has 0 aromatic carbocycles. The van der Waals surface area contributed by atoms with Gasteiger partial charge in [-0.25, -0.2) is 4.79 Å². The van der Waals surface area contributed by atoms with Gasteiger partial charge in [-0.3, -0.25) is 9.48 Å². The molecule has 3 N–H and O–H groups in total. The first kappa shape index (κ1) is 15.3. The molecule has 0 bridgehead atoms. The minimum atomic E-state index is -0.854. The number of carbonyl (C=O) groups is 2. The van der Waals surface area contributed by atoms with E-state index in [1.165, 1.54) is 4.68 Å². The molecule has 7 heteroatoms. The lowest BCUT2D eigenvalue weighted by molar-refractivity contribution is -0.129. The van der Waals surface area contributed by atoms with Crippen LogP contribution in [0.25, 0.3) is 0 Å². The fourth-order valence-electron chi connectivity index (χ4n) is 2.58. The van der Waals surface area contributed by atoms with Gasteiger partial charge in [0.2, 0.25) is 0 Å². The van der Waals surface area contributed by atoms with Gasteiger partial charge in [0, 0.05) is 13.1 Å². The van der Waals surface area contributed by atoms with Crippen molar-refractivity contribution in [3.8, 4) is 0 Å². The second-order valence-corrected chi connectivity index (χ2v) is 5.51. The van der Waals surface area contributed by atoms with Crippen molar-refractivity contribution in [1.29, 1.82) is 0 Å². The Kier molecular flexibility index (Phi) is 4.50. The predicted molar refractivity (Wildman–Crippen MR) is 77.6 cm³/mol. The molecule has 1 aromatic heterocycles. The quantitative estimate of drug-likeness (QED) is 0.804. The van der Waals surface area contributed by atoms with Gasteiger partial charge in [0.05, 0.1) is 11.4 Å². The number of hydrogen-bond donors (Lipinski definition) is 2. The maximum absolute atomic E-state index is 12.1. The van der Waals surface area contributed by atoms with Gasteiger partial charge in [0.1, 0.15) is 0 Å². The van der Waals surface area contributed by atoms with Gasteiger partial charge in [-0.15, -0.1) is 0 Å². The van der Waals surface area contributed by atoms with Crippen LogP contribution >= 0.6 is 0 Å². The number of ether oxygens (including phenoxy) is 1. The highest BCUT2D eigenvalue weighted by Gasteiger charge is 2.26. The topological polar surface area (TPSA) is 99.2 Å². The summed E-state index contributed by atoms with van der Waals surface area (Å²) in [5.74, 6) is -0.905. The zero-order valence-corrected chi connectivity index (χ0v) is 12.7. The molecule has 0 radical (unpaired) electrons. The molecule has 7 nitrogen and oxygen atoms in total. The van der Waals surface area contributed by atoms with Crippen LogP contribution in [0.2, 0.25) is 0 Å². The van der Waals surface area contributed by atoms with Gasteiger partial charge >= 0.3 is 5.97 Å². The molecule has 1 aliphatic rings. The van der Waals surface area contributed by atoms with Gasteiger partial charge in [0.25, 0.3) is 5.91 Å². The van der Waals surface area contributed by atoms with Crippen molar-refractivity contribution in [3.63, 3.8) is 0 Å². The number of aromatic nitrogens is 2. The van der Waals surface area contributed by atoms with Crippen LogP contribution < -0.4 is 11.1 Å². The number of hydrogen-bond acceptors (Lipinski definition) is 5. The van der Waals surface area contributed by atoms with Crippen LogP contribution in [0.3, 0.4) is 0 Å². The maximum Gasteiger partial charge on any atom is 0.359 e. The number of nitrogen functional groups attached to an aromatic ring is 1. The zero-order chi connectivity index (χ0) is 15.6. The van der Waals surface area contributed by atoms with Gasteiger partial charge in [0.15, 0.2) is 11.8 Å². The minimum Gasteiger partial charge on any atom is -0.448 e. The molecule has 0 aliphatic heterocycles. The van der Waals surface area contributed by atoms with E-state index in [-0.39, 0.29) is 23.3 Å². The Morgan fingerprint density at radius 1 is 1.43 bits per heavy atom. The van der Waals surface area contributed by atoms with E-state index in [1.807, 2.05) is 0 Å². The summed E-state index contributed by atoms with van der Waals surface area (Å²) in [6.07, 6.45) is 3.38. The molecular formula is C14H22N4O3. The molecule has 21 heavy (non-hydrogen) atoms. The smallest absolute Gasteiger partial charge is 0.359 e. The van der Waals surface area contributed by atoms with E-state index in [1.54, 1.807) is 20.9 Å². The summed E-state index contributed by atoms with van der Waals surface area (Å²) in [4.78, 5) is 24.1. The molecule has 1 saturated carbocycles. The number of nitrogens with two attached hydrogens (primary N) is 1. The van der Waals surface area contributed by atoms with Crippen molar-refractivity contribution in [3.05, 3.63) is 11.4 Å². The van der Waals surface area contributed by atoms with Crippen LogP contribution in [-0.4, -0.2) is 33.8 Å². The average Bonchev–Trinajstić information content (AvgIpc) is 2.99. The van der Waals surface area contributed by atoms with Crippen LogP contribution in [0.5, 0.6) is 0 Å². The van der Waals surface area contributed by atoms with Crippen molar-refractivity contribution in [2.24, 2.45) is 7.05 Å². The standard InChI is InChI=1S/C14H22N4O3/c1-8-11(15)12(18(3)17-8)14(20)21-9(2)13(19)16-10-6-4-5-7-10/h9-10H,4-7,15H2,1-3H3,(H,16,19). The van der Waals surface area contributed by atoms with Crippen LogP contribution in [0.1, 0.15) is 48.8 Å². The van der Waals surface area contributed by atoms with Gasteiger partial charge < -0.3 is 15.8 Å². The molecule has 1 aliphatic carbocycles. The highest BCUT2D eigenvalue weighted by Crippen LogP contribution is 2.19. The lowest BCUT2D eigenvalue weighted by atomic mass is 10.2. The maximum atomic E-state index is 12.1. The largest absolute Gasteiger partial charge is 0.448 e. The van der Waals surface area contributed by atoms with Crippen molar-refractivity contribution in [1.82, 2.24) is 15.1 Å². The monoisotopic (exact) mass is 294 g/mol. The van der Waals surface area contributed by atoms with E-state index in [9.17, 15) is 9.59 Å². The lowest BCUT2D eigenvalue weighted by Gasteiger charge is -2.17. The summed E-state index contributed by atoms with van der Waals surface area (Å²) in [6, 6.07) is 0.197. The average molecular weight is 294 g/mol. The normalized spacial score (nSPS) is 16.7. The third-order valence-electron chi connectivity index (χ3n) is 3.82. The van der Waals surface area contributed by atoms with Crippen molar-refractivity contribution < 1.29 is 14.3 Å². The number of esters is 1. The van der Waals surface area contributed by atoms with Gasteiger partial charge in [-0.1, -0.05) is 12.8 Å². The third-order valence-corrected chi connectivity index (χ3v) is 3.82. The fourth-order valence-corrected chi connectivity index (χ4v) is 2.58. The second kappa shape index (κ2) is 6.15. The Bertz CT molecular complexity index is 547. The Labute approximate surface area is 123 Å². The minimum absolute atomic E-state index is 0.174. The number of rotatable bonds is 4. The van der Waals surface area contributed by atoms with Crippen molar-refractivity contribution in [2.45, 2.75) is 51.7 Å². The molecule has 1 aromatic rings. The van der Waals surface area contributed by atoms with E-state index < -0.39 is 12.1 Å². The van der Waals surface area contributed by atoms with Gasteiger partial charge in [-0.05, 0) is 26.7 Å². The first-order chi connectivity index (χ1) is 9.90. The molecule has 1 fully saturated rings. The summed E-state index contributed by atoms with van der Waals surface area (Å²) in [5, 5.41) is 6.96. The molecule has 1 unspecified atom stereocenters. The molecule has 1 amide bonds. The van der Waals surface area contributed by atoms with Crippen molar-refractivity contribution in [2.75, 3.05) is 5.73 Å². The first-order valence-corrected chi connectivity index (χ1v) is 7.20. The number of amides is 1. The fraction of sp³-hybridized carbons (Fsp3) is 0.643.